The van der Waals surface area contributed by atoms with Crippen molar-refractivity contribution < 1.29 is 14.1 Å². The average molecular weight is 359 g/mol. The first-order valence-electron chi connectivity index (χ1n) is 10.1. The molecule has 3 fully saturated rings. The molecule has 0 bridgehead atoms. The third-order valence-electron chi connectivity index (χ3n) is 6.65. The fourth-order valence-electron chi connectivity index (χ4n) is 4.83. The van der Waals surface area contributed by atoms with Crippen LogP contribution in [0.25, 0.3) is 0 Å². The third-order valence-corrected chi connectivity index (χ3v) is 6.65. The van der Waals surface area contributed by atoms with E-state index >= 15 is 0 Å². The van der Waals surface area contributed by atoms with Crippen molar-refractivity contribution in [1.29, 1.82) is 0 Å². The van der Waals surface area contributed by atoms with Crippen LogP contribution in [0.1, 0.15) is 67.3 Å². The minimum atomic E-state index is -0.366. The molecule has 4 rings (SSSR count). The number of carbonyl (C=O) groups excluding carboxylic acids is 2. The van der Waals surface area contributed by atoms with Gasteiger partial charge in [0, 0.05) is 26.2 Å². The maximum Gasteiger partial charge on any atom is 0.259 e. The number of hydrogen-bond donors (Lipinski definition) is 0. The number of aromatic nitrogens is 1. The Balaban J connectivity index is 1.48. The van der Waals surface area contributed by atoms with Gasteiger partial charge in [0.25, 0.3) is 5.91 Å². The molecule has 26 heavy (non-hydrogen) atoms. The molecule has 1 unspecified atom stereocenters. The zero-order chi connectivity index (χ0) is 18.3. The lowest BCUT2D eigenvalue weighted by atomic mass is 9.77. The Kier molecular flexibility index (Phi) is 4.53. The summed E-state index contributed by atoms with van der Waals surface area (Å²) in [4.78, 5) is 30.2. The molecular formula is C20H29N3O3. The van der Waals surface area contributed by atoms with Crippen LogP contribution >= 0.6 is 0 Å². The van der Waals surface area contributed by atoms with Crippen molar-refractivity contribution in [3.8, 4) is 0 Å². The number of amides is 2. The van der Waals surface area contributed by atoms with Crippen molar-refractivity contribution in [2.45, 2.75) is 58.8 Å². The van der Waals surface area contributed by atoms with E-state index in [2.05, 4.69) is 10.1 Å². The molecule has 2 amide bonds. The number of aryl methyl sites for hydroxylation is 2. The minimum absolute atomic E-state index is 0.0265. The SMILES string of the molecule is CCc1noc(C)c1C(=O)N1CCC2(CCCN(CC3CCC3)C2=O)C1. The summed E-state index contributed by atoms with van der Waals surface area (Å²) in [5, 5.41) is 4.01. The van der Waals surface area contributed by atoms with Crippen LogP contribution in [-0.4, -0.2) is 52.9 Å². The average Bonchev–Trinajstić information content (AvgIpc) is 3.18. The van der Waals surface area contributed by atoms with Gasteiger partial charge in [-0.05, 0) is 51.4 Å². The van der Waals surface area contributed by atoms with Crippen LogP contribution in [-0.2, 0) is 11.2 Å². The quantitative estimate of drug-likeness (QED) is 0.829. The van der Waals surface area contributed by atoms with Crippen LogP contribution in [0.2, 0.25) is 0 Å². The van der Waals surface area contributed by atoms with Crippen molar-refractivity contribution >= 4 is 11.8 Å². The van der Waals surface area contributed by atoms with Gasteiger partial charge in [0.2, 0.25) is 5.91 Å². The van der Waals surface area contributed by atoms with Crippen LogP contribution < -0.4 is 0 Å². The minimum Gasteiger partial charge on any atom is -0.361 e. The number of piperidine rings is 1. The number of likely N-dealkylation sites (tertiary alicyclic amines) is 2. The molecule has 1 aromatic heterocycles. The lowest BCUT2D eigenvalue weighted by Crippen LogP contribution is -2.52. The van der Waals surface area contributed by atoms with Gasteiger partial charge in [0.15, 0.2) is 0 Å². The van der Waals surface area contributed by atoms with E-state index in [9.17, 15) is 9.59 Å². The van der Waals surface area contributed by atoms with Gasteiger partial charge in [0.05, 0.1) is 11.1 Å². The lowest BCUT2D eigenvalue weighted by molar-refractivity contribution is -0.146. The van der Waals surface area contributed by atoms with Crippen molar-refractivity contribution in [3.63, 3.8) is 0 Å². The Labute approximate surface area is 154 Å². The molecule has 3 aliphatic rings. The normalized spacial score (nSPS) is 26.6. The van der Waals surface area contributed by atoms with E-state index in [1.165, 1.54) is 19.3 Å². The van der Waals surface area contributed by atoms with Gasteiger partial charge in [-0.3, -0.25) is 9.59 Å². The Hall–Kier alpha value is -1.85. The predicted molar refractivity (Wildman–Crippen MR) is 96.7 cm³/mol. The van der Waals surface area contributed by atoms with E-state index in [0.717, 1.165) is 38.0 Å². The van der Waals surface area contributed by atoms with Gasteiger partial charge in [-0.1, -0.05) is 18.5 Å². The van der Waals surface area contributed by atoms with Gasteiger partial charge in [-0.2, -0.15) is 0 Å². The standard InChI is InChI=1S/C20H29N3O3/c1-3-16-17(14(2)26-21-16)18(24)23-11-9-20(13-23)8-5-10-22(19(20)25)12-15-6-4-7-15/h15H,3-13H2,1-2H3. The van der Waals surface area contributed by atoms with E-state index in [1.807, 2.05) is 11.8 Å². The molecule has 0 N–H and O–H groups in total. The third kappa shape index (κ3) is 2.83. The summed E-state index contributed by atoms with van der Waals surface area (Å²) < 4.78 is 5.23. The molecule has 2 saturated heterocycles. The molecule has 1 spiro atoms. The van der Waals surface area contributed by atoms with Crippen molar-refractivity contribution in [2.75, 3.05) is 26.2 Å². The van der Waals surface area contributed by atoms with Crippen LogP contribution in [0.15, 0.2) is 4.52 Å². The van der Waals surface area contributed by atoms with E-state index in [-0.39, 0.29) is 17.2 Å². The van der Waals surface area contributed by atoms with Gasteiger partial charge < -0.3 is 14.3 Å². The monoisotopic (exact) mass is 359 g/mol. The number of rotatable bonds is 4. The second-order valence-electron chi connectivity index (χ2n) is 8.32. The second-order valence-corrected chi connectivity index (χ2v) is 8.32. The molecule has 1 aliphatic carbocycles. The summed E-state index contributed by atoms with van der Waals surface area (Å²) in [7, 11) is 0. The fraction of sp³-hybridized carbons (Fsp3) is 0.750. The van der Waals surface area contributed by atoms with Crippen LogP contribution in [0.4, 0.5) is 0 Å². The van der Waals surface area contributed by atoms with E-state index < -0.39 is 0 Å². The van der Waals surface area contributed by atoms with Crippen LogP contribution in [0.5, 0.6) is 0 Å². The fourth-order valence-corrected chi connectivity index (χ4v) is 4.83. The Morgan fingerprint density at radius 3 is 2.77 bits per heavy atom. The topological polar surface area (TPSA) is 66.7 Å². The Morgan fingerprint density at radius 2 is 2.08 bits per heavy atom. The summed E-state index contributed by atoms with van der Waals surface area (Å²) in [6.07, 6.45) is 7.23. The Morgan fingerprint density at radius 1 is 1.27 bits per heavy atom. The first-order chi connectivity index (χ1) is 12.5. The first-order valence-corrected chi connectivity index (χ1v) is 10.1. The molecule has 2 aliphatic heterocycles. The summed E-state index contributed by atoms with van der Waals surface area (Å²) >= 11 is 0. The Bertz CT molecular complexity index is 709. The zero-order valence-corrected chi connectivity index (χ0v) is 15.9. The van der Waals surface area contributed by atoms with Gasteiger partial charge in [-0.15, -0.1) is 0 Å². The summed E-state index contributed by atoms with van der Waals surface area (Å²) in [5.41, 5.74) is 0.948. The van der Waals surface area contributed by atoms with Crippen LogP contribution in [0.3, 0.4) is 0 Å². The zero-order valence-electron chi connectivity index (χ0n) is 15.9. The summed E-state index contributed by atoms with van der Waals surface area (Å²) in [5.74, 6) is 1.53. The smallest absolute Gasteiger partial charge is 0.259 e. The highest BCUT2D eigenvalue weighted by Crippen LogP contribution is 2.41. The highest BCUT2D eigenvalue weighted by molar-refractivity contribution is 5.97. The molecule has 142 valence electrons. The van der Waals surface area contributed by atoms with Gasteiger partial charge >= 0.3 is 0 Å². The number of carbonyl (C=O) groups is 2. The van der Waals surface area contributed by atoms with Crippen molar-refractivity contribution in [1.82, 2.24) is 15.0 Å². The van der Waals surface area contributed by atoms with Gasteiger partial charge in [-0.25, -0.2) is 0 Å². The molecule has 3 heterocycles. The first kappa shape index (κ1) is 17.6. The maximum atomic E-state index is 13.2. The highest BCUT2D eigenvalue weighted by Gasteiger charge is 2.50. The predicted octanol–water partition coefficient (Wildman–Crippen LogP) is 2.80. The largest absolute Gasteiger partial charge is 0.361 e. The number of hydrogen-bond acceptors (Lipinski definition) is 4. The molecule has 0 aromatic carbocycles. The highest BCUT2D eigenvalue weighted by atomic mass is 16.5. The number of nitrogens with zero attached hydrogens (tertiary/aromatic N) is 3. The second kappa shape index (κ2) is 6.71. The molecular weight excluding hydrogens is 330 g/mol. The van der Waals surface area contributed by atoms with E-state index in [1.54, 1.807) is 6.92 Å². The molecule has 6 heteroatoms. The molecule has 1 aromatic rings. The molecule has 1 atom stereocenters. The van der Waals surface area contributed by atoms with Crippen molar-refractivity contribution in [3.05, 3.63) is 17.0 Å². The lowest BCUT2D eigenvalue weighted by Gasteiger charge is -2.42. The van der Waals surface area contributed by atoms with Crippen LogP contribution in [0, 0.1) is 18.3 Å². The molecule has 6 nitrogen and oxygen atoms in total. The van der Waals surface area contributed by atoms with Crippen molar-refractivity contribution in [2.24, 2.45) is 11.3 Å². The molecule has 1 saturated carbocycles. The van der Waals surface area contributed by atoms with E-state index in [0.29, 0.717) is 36.8 Å². The van der Waals surface area contributed by atoms with E-state index in [4.69, 9.17) is 4.52 Å². The summed E-state index contributed by atoms with van der Waals surface area (Å²) in [6, 6.07) is 0. The van der Waals surface area contributed by atoms with Gasteiger partial charge in [0.1, 0.15) is 11.3 Å². The molecule has 0 radical (unpaired) electrons. The summed E-state index contributed by atoms with van der Waals surface area (Å²) in [6.45, 7) is 6.75. The maximum absolute atomic E-state index is 13.2.